The van der Waals surface area contributed by atoms with E-state index in [0.29, 0.717) is 0 Å². The molecular formula is C10H18N2O. The van der Waals surface area contributed by atoms with Gasteiger partial charge in [0.25, 0.3) is 0 Å². The van der Waals surface area contributed by atoms with Gasteiger partial charge < -0.3 is 9.67 Å². The Hall–Kier alpha value is -0.830. The molecule has 74 valence electrons. The monoisotopic (exact) mass is 182 g/mol. The van der Waals surface area contributed by atoms with Crippen LogP contribution in [-0.2, 0) is 12.6 Å². The first-order chi connectivity index (χ1) is 6.00. The Balaban J connectivity index is 2.99. The van der Waals surface area contributed by atoms with Crippen molar-refractivity contribution < 1.29 is 5.11 Å². The van der Waals surface area contributed by atoms with Crippen LogP contribution in [0.4, 0.5) is 0 Å². The standard InChI is InChI=1S/C10H18N2O/c1-5-8(2)10(3,13)9-6-11-7-12(9)4/h6-8,13H,5H2,1-4H3. The Morgan fingerprint density at radius 2 is 2.31 bits per heavy atom. The highest BCUT2D eigenvalue weighted by Gasteiger charge is 2.31. The molecule has 1 heterocycles. The third-order valence-electron chi connectivity index (χ3n) is 2.91. The summed E-state index contributed by atoms with van der Waals surface area (Å²) in [5.41, 5.74) is 0.0989. The summed E-state index contributed by atoms with van der Waals surface area (Å²) >= 11 is 0. The van der Waals surface area contributed by atoms with Crippen molar-refractivity contribution in [2.75, 3.05) is 0 Å². The van der Waals surface area contributed by atoms with E-state index in [1.54, 1.807) is 12.5 Å². The van der Waals surface area contributed by atoms with Gasteiger partial charge in [0.05, 0.1) is 18.2 Å². The average Bonchev–Trinajstić information content (AvgIpc) is 2.50. The van der Waals surface area contributed by atoms with Crippen molar-refractivity contribution in [3.8, 4) is 0 Å². The molecule has 2 atom stereocenters. The third-order valence-corrected chi connectivity index (χ3v) is 2.91. The molecule has 0 spiro atoms. The number of aryl methyl sites for hydroxylation is 1. The van der Waals surface area contributed by atoms with Crippen LogP contribution >= 0.6 is 0 Å². The zero-order valence-corrected chi connectivity index (χ0v) is 8.78. The van der Waals surface area contributed by atoms with Crippen molar-refractivity contribution in [1.82, 2.24) is 9.55 Å². The fourth-order valence-corrected chi connectivity index (χ4v) is 1.49. The van der Waals surface area contributed by atoms with Crippen LogP contribution < -0.4 is 0 Å². The van der Waals surface area contributed by atoms with E-state index in [4.69, 9.17) is 0 Å². The molecule has 2 unspecified atom stereocenters. The highest BCUT2D eigenvalue weighted by molar-refractivity contribution is 5.09. The molecule has 0 aliphatic heterocycles. The van der Waals surface area contributed by atoms with Gasteiger partial charge >= 0.3 is 0 Å². The molecule has 0 aromatic carbocycles. The van der Waals surface area contributed by atoms with Gasteiger partial charge in [0.15, 0.2) is 0 Å². The Kier molecular flexibility index (Phi) is 2.76. The summed E-state index contributed by atoms with van der Waals surface area (Å²) in [7, 11) is 1.90. The zero-order valence-electron chi connectivity index (χ0n) is 8.78. The van der Waals surface area contributed by atoms with Crippen molar-refractivity contribution >= 4 is 0 Å². The van der Waals surface area contributed by atoms with Crippen molar-refractivity contribution in [3.63, 3.8) is 0 Å². The van der Waals surface area contributed by atoms with Gasteiger partial charge in [-0.05, 0) is 12.8 Å². The van der Waals surface area contributed by atoms with E-state index < -0.39 is 5.60 Å². The van der Waals surface area contributed by atoms with Gasteiger partial charge in [0, 0.05) is 7.05 Å². The number of hydrogen-bond donors (Lipinski definition) is 1. The second-order valence-corrected chi connectivity index (χ2v) is 3.85. The molecule has 0 saturated heterocycles. The SMILES string of the molecule is CCC(C)C(C)(O)c1cncn1C. The fourth-order valence-electron chi connectivity index (χ4n) is 1.49. The molecule has 0 radical (unpaired) electrons. The molecule has 0 bridgehead atoms. The van der Waals surface area contributed by atoms with E-state index in [1.807, 2.05) is 25.5 Å². The van der Waals surface area contributed by atoms with Gasteiger partial charge in [-0.2, -0.15) is 0 Å². The van der Waals surface area contributed by atoms with E-state index in [-0.39, 0.29) is 5.92 Å². The van der Waals surface area contributed by atoms with E-state index in [2.05, 4.69) is 11.9 Å². The van der Waals surface area contributed by atoms with Crippen molar-refractivity contribution in [1.29, 1.82) is 0 Å². The largest absolute Gasteiger partial charge is 0.384 e. The smallest absolute Gasteiger partial charge is 0.106 e. The molecule has 0 aliphatic carbocycles. The summed E-state index contributed by atoms with van der Waals surface area (Å²) in [4.78, 5) is 4.01. The Bertz CT molecular complexity index is 278. The summed E-state index contributed by atoms with van der Waals surface area (Å²) < 4.78 is 1.87. The van der Waals surface area contributed by atoms with Crippen LogP contribution in [0.5, 0.6) is 0 Å². The van der Waals surface area contributed by atoms with Crippen LogP contribution in [0.25, 0.3) is 0 Å². The lowest BCUT2D eigenvalue weighted by Gasteiger charge is -2.29. The van der Waals surface area contributed by atoms with Crippen LogP contribution in [0.1, 0.15) is 32.9 Å². The van der Waals surface area contributed by atoms with Crippen LogP contribution in [0, 0.1) is 5.92 Å². The first-order valence-electron chi connectivity index (χ1n) is 4.69. The van der Waals surface area contributed by atoms with Gasteiger partial charge in [0.1, 0.15) is 5.60 Å². The molecule has 13 heavy (non-hydrogen) atoms. The predicted octanol–water partition coefficient (Wildman–Crippen LogP) is 1.67. The number of nitrogens with zero attached hydrogens (tertiary/aromatic N) is 2. The third kappa shape index (κ3) is 1.75. The quantitative estimate of drug-likeness (QED) is 0.772. The molecule has 1 aromatic rings. The summed E-state index contributed by atoms with van der Waals surface area (Å²) in [5, 5.41) is 10.3. The summed E-state index contributed by atoms with van der Waals surface area (Å²) in [5.74, 6) is 0.239. The lowest BCUT2D eigenvalue weighted by Crippen LogP contribution is -2.31. The molecule has 1 rings (SSSR count). The minimum Gasteiger partial charge on any atom is -0.384 e. The van der Waals surface area contributed by atoms with Gasteiger partial charge in [-0.25, -0.2) is 4.98 Å². The van der Waals surface area contributed by atoms with E-state index in [9.17, 15) is 5.11 Å². The molecule has 3 nitrogen and oxygen atoms in total. The van der Waals surface area contributed by atoms with Gasteiger partial charge in [-0.15, -0.1) is 0 Å². The van der Waals surface area contributed by atoms with E-state index in [0.717, 1.165) is 12.1 Å². The summed E-state index contributed by atoms with van der Waals surface area (Å²) in [6.45, 7) is 5.97. The van der Waals surface area contributed by atoms with Gasteiger partial charge in [-0.1, -0.05) is 20.3 Å². The lowest BCUT2D eigenvalue weighted by atomic mass is 9.86. The van der Waals surface area contributed by atoms with Crippen LogP contribution in [0.15, 0.2) is 12.5 Å². The summed E-state index contributed by atoms with van der Waals surface area (Å²) in [6.07, 6.45) is 4.40. The molecule has 1 N–H and O–H groups in total. The van der Waals surface area contributed by atoms with Crippen molar-refractivity contribution in [2.24, 2.45) is 13.0 Å². The van der Waals surface area contributed by atoms with Crippen molar-refractivity contribution in [2.45, 2.75) is 32.8 Å². The average molecular weight is 182 g/mol. The Labute approximate surface area is 79.4 Å². The maximum atomic E-state index is 10.3. The Morgan fingerprint density at radius 1 is 1.69 bits per heavy atom. The number of imidazole rings is 1. The first kappa shape index (κ1) is 10.3. The highest BCUT2D eigenvalue weighted by Crippen LogP contribution is 2.30. The van der Waals surface area contributed by atoms with Crippen molar-refractivity contribution in [3.05, 3.63) is 18.2 Å². The number of aromatic nitrogens is 2. The van der Waals surface area contributed by atoms with E-state index >= 15 is 0 Å². The van der Waals surface area contributed by atoms with Crippen LogP contribution in [0.3, 0.4) is 0 Å². The topological polar surface area (TPSA) is 38.1 Å². The summed E-state index contributed by atoms with van der Waals surface area (Å²) in [6, 6.07) is 0. The molecule has 0 amide bonds. The number of rotatable bonds is 3. The first-order valence-corrected chi connectivity index (χ1v) is 4.69. The van der Waals surface area contributed by atoms with E-state index in [1.165, 1.54) is 0 Å². The number of hydrogen-bond acceptors (Lipinski definition) is 2. The van der Waals surface area contributed by atoms with Gasteiger partial charge in [0.2, 0.25) is 0 Å². The molecule has 1 aromatic heterocycles. The molecule has 0 aliphatic rings. The minimum absolute atomic E-state index is 0.239. The Morgan fingerprint density at radius 3 is 2.69 bits per heavy atom. The molecule has 0 fully saturated rings. The minimum atomic E-state index is -0.778. The molecular weight excluding hydrogens is 164 g/mol. The highest BCUT2D eigenvalue weighted by atomic mass is 16.3. The van der Waals surface area contributed by atoms with Crippen LogP contribution in [-0.4, -0.2) is 14.7 Å². The number of aliphatic hydroxyl groups is 1. The predicted molar refractivity (Wildman–Crippen MR) is 52.2 cm³/mol. The lowest BCUT2D eigenvalue weighted by molar-refractivity contribution is -0.00653. The second-order valence-electron chi connectivity index (χ2n) is 3.85. The molecule has 3 heteroatoms. The molecule has 0 saturated carbocycles. The second kappa shape index (κ2) is 3.50. The maximum absolute atomic E-state index is 10.3. The maximum Gasteiger partial charge on any atom is 0.106 e. The van der Waals surface area contributed by atoms with Crippen LogP contribution in [0.2, 0.25) is 0 Å². The normalized spacial score (nSPS) is 18.2. The zero-order chi connectivity index (χ0) is 10.1. The fraction of sp³-hybridized carbons (Fsp3) is 0.700. The van der Waals surface area contributed by atoms with Gasteiger partial charge in [-0.3, -0.25) is 0 Å².